The molecule has 2 N–H and O–H groups in total. The van der Waals surface area contributed by atoms with E-state index in [0.29, 0.717) is 28.7 Å². The van der Waals surface area contributed by atoms with E-state index in [0.717, 1.165) is 20.8 Å². The van der Waals surface area contributed by atoms with Crippen LogP contribution in [0.3, 0.4) is 0 Å². The van der Waals surface area contributed by atoms with Crippen molar-refractivity contribution < 1.29 is 19.1 Å². The van der Waals surface area contributed by atoms with Gasteiger partial charge in [-0.25, -0.2) is 14.3 Å². The molecule has 0 aliphatic heterocycles. The Hall–Kier alpha value is -4.12. The molecule has 11 nitrogen and oxygen atoms in total. The molecule has 0 aliphatic carbocycles. The fourth-order valence-electron chi connectivity index (χ4n) is 3.34. The van der Waals surface area contributed by atoms with Gasteiger partial charge in [0.2, 0.25) is 5.78 Å². The number of benzene rings is 1. The quantitative estimate of drug-likeness (QED) is 0.277. The Bertz CT molecular complexity index is 1450. The van der Waals surface area contributed by atoms with Gasteiger partial charge in [0, 0.05) is 25.7 Å². The van der Waals surface area contributed by atoms with Crippen molar-refractivity contribution in [2.24, 2.45) is 14.1 Å². The predicted octanol–water partition coefficient (Wildman–Crippen LogP) is 1.32. The van der Waals surface area contributed by atoms with Crippen molar-refractivity contribution in [3.05, 3.63) is 78.7 Å². The normalized spacial score (nSPS) is 11.1. The smallest absolute Gasteiger partial charge is 0.332 e. The second-order valence-electron chi connectivity index (χ2n) is 7.63. The molecule has 0 saturated carbocycles. The molecule has 0 bridgehead atoms. The summed E-state index contributed by atoms with van der Waals surface area (Å²) < 4.78 is 13.5. The molecule has 2 heterocycles. The van der Waals surface area contributed by atoms with E-state index < -0.39 is 35.2 Å². The molecule has 1 aromatic carbocycles. The van der Waals surface area contributed by atoms with Gasteiger partial charge in [-0.15, -0.1) is 0 Å². The highest BCUT2D eigenvalue weighted by Gasteiger charge is 2.21. The van der Waals surface area contributed by atoms with Crippen molar-refractivity contribution in [1.82, 2.24) is 18.9 Å². The molecule has 0 atom stereocenters. The number of nitrogen functional groups attached to an aromatic ring is 1. The number of aryl methyl sites for hydroxylation is 1. The summed E-state index contributed by atoms with van der Waals surface area (Å²) in [5, 5.41) is 4.72. The second-order valence-corrected chi connectivity index (χ2v) is 7.99. The van der Waals surface area contributed by atoms with Crippen LogP contribution in [0.2, 0.25) is 5.15 Å². The summed E-state index contributed by atoms with van der Waals surface area (Å²) in [5.74, 6) is -1.27. The van der Waals surface area contributed by atoms with E-state index in [1.54, 1.807) is 18.7 Å². The Morgan fingerprint density at radius 1 is 1.20 bits per heavy atom. The molecule has 0 amide bonds. The average molecular weight is 502 g/mol. The lowest BCUT2D eigenvalue weighted by Crippen LogP contribution is -2.42. The first-order chi connectivity index (χ1) is 16.5. The number of nitrogens with zero attached hydrogens (tertiary/aromatic N) is 4. The lowest BCUT2D eigenvalue weighted by molar-refractivity contribution is -0.136. The summed E-state index contributed by atoms with van der Waals surface area (Å²) >= 11 is 6.45. The largest absolute Gasteiger partial charge is 0.497 e. The Morgan fingerprint density at radius 3 is 2.60 bits per heavy atom. The number of hydrogen-bond donors (Lipinski definition) is 1. The lowest BCUT2D eigenvalue weighted by atomic mass is 10.2. The first-order valence-corrected chi connectivity index (χ1v) is 10.7. The number of ether oxygens (including phenoxy) is 2. The summed E-state index contributed by atoms with van der Waals surface area (Å²) in [6.45, 7) is 1.39. The second kappa shape index (κ2) is 10.4. The fraction of sp³-hybridized carbons (Fsp3) is 0.261. The highest BCUT2D eigenvalue weighted by atomic mass is 35.5. The molecule has 2 aromatic heterocycles. The Morgan fingerprint density at radius 2 is 1.91 bits per heavy atom. The van der Waals surface area contributed by atoms with Crippen LogP contribution < -0.4 is 21.7 Å². The van der Waals surface area contributed by atoms with Gasteiger partial charge in [-0.2, -0.15) is 5.10 Å². The van der Waals surface area contributed by atoms with E-state index >= 15 is 0 Å². The summed E-state index contributed by atoms with van der Waals surface area (Å²) in [5.41, 5.74) is 5.79. The molecule has 0 aliphatic rings. The minimum absolute atomic E-state index is 0.305. The molecule has 0 fully saturated rings. The van der Waals surface area contributed by atoms with E-state index in [-0.39, 0.29) is 5.82 Å². The molecule has 12 heteroatoms. The number of ketones is 1. The summed E-state index contributed by atoms with van der Waals surface area (Å²) in [4.78, 5) is 48.8. The number of rotatable bonds is 8. The van der Waals surface area contributed by atoms with Gasteiger partial charge in [0.15, 0.2) is 6.61 Å². The number of esters is 1. The molecule has 35 heavy (non-hydrogen) atoms. The number of halogens is 1. The number of hydrogen-bond acceptors (Lipinski definition) is 8. The SMILES string of the molecule is COc1cccc(Cn2nc(C)c(/C=C/C(=O)OCC(=O)c3c(N)n(C)c(=O)n(C)c3=O)c2Cl)c1. The average Bonchev–Trinajstić information content (AvgIpc) is 3.10. The summed E-state index contributed by atoms with van der Waals surface area (Å²) in [6.07, 6.45) is 2.53. The van der Waals surface area contributed by atoms with Gasteiger partial charge in [0.25, 0.3) is 5.56 Å². The van der Waals surface area contributed by atoms with Crippen molar-refractivity contribution in [3.8, 4) is 5.75 Å². The highest BCUT2D eigenvalue weighted by molar-refractivity contribution is 6.31. The van der Waals surface area contributed by atoms with Crippen LogP contribution in [-0.4, -0.2) is 44.4 Å². The highest BCUT2D eigenvalue weighted by Crippen LogP contribution is 2.23. The zero-order chi connectivity index (χ0) is 25.9. The molecule has 3 aromatic rings. The molecular weight excluding hydrogens is 478 g/mol. The van der Waals surface area contributed by atoms with Crippen LogP contribution in [0.4, 0.5) is 5.82 Å². The number of methoxy groups -OCH3 is 1. The number of nitrogens with two attached hydrogens (primary N) is 1. The Kier molecular flexibility index (Phi) is 7.60. The lowest BCUT2D eigenvalue weighted by Gasteiger charge is -2.10. The number of carbonyl (C=O) groups excluding carboxylic acids is 2. The van der Waals surface area contributed by atoms with Gasteiger partial charge in [-0.1, -0.05) is 23.7 Å². The maximum Gasteiger partial charge on any atom is 0.332 e. The number of aromatic nitrogens is 4. The molecule has 184 valence electrons. The maximum absolute atomic E-state index is 12.5. The van der Waals surface area contributed by atoms with Crippen molar-refractivity contribution in [1.29, 1.82) is 0 Å². The van der Waals surface area contributed by atoms with Gasteiger partial charge in [0.1, 0.15) is 22.3 Å². The molecule has 0 radical (unpaired) electrons. The van der Waals surface area contributed by atoms with Gasteiger partial charge < -0.3 is 15.2 Å². The minimum atomic E-state index is -0.868. The fourth-order valence-corrected chi connectivity index (χ4v) is 3.63. The maximum atomic E-state index is 12.5. The van der Waals surface area contributed by atoms with Crippen LogP contribution in [0, 0.1) is 6.92 Å². The van der Waals surface area contributed by atoms with E-state index in [1.165, 1.54) is 20.2 Å². The third-order valence-electron chi connectivity index (χ3n) is 5.30. The van der Waals surface area contributed by atoms with Gasteiger partial charge in [-0.3, -0.25) is 18.7 Å². The first kappa shape index (κ1) is 25.5. The first-order valence-electron chi connectivity index (χ1n) is 10.3. The van der Waals surface area contributed by atoms with E-state index in [9.17, 15) is 19.2 Å². The van der Waals surface area contributed by atoms with Crippen molar-refractivity contribution >= 4 is 35.2 Å². The Labute approximate surface area is 204 Å². The van der Waals surface area contributed by atoms with E-state index in [4.69, 9.17) is 26.8 Å². The number of carbonyl (C=O) groups is 2. The van der Waals surface area contributed by atoms with Crippen molar-refractivity contribution in [2.45, 2.75) is 13.5 Å². The van der Waals surface area contributed by atoms with E-state index in [1.807, 2.05) is 24.3 Å². The van der Waals surface area contributed by atoms with Crippen LogP contribution >= 0.6 is 11.6 Å². The standard InChI is InChI=1S/C23H24ClN5O6/c1-13-16(20(24)29(26-13)11-14-6-5-7-15(10-14)34-4)8-9-18(31)35-12-17(30)19-21(25)27(2)23(33)28(3)22(19)32/h5-10H,11-12,25H2,1-4H3/b9-8+. The van der Waals surface area contributed by atoms with Crippen molar-refractivity contribution in [2.75, 3.05) is 19.5 Å². The van der Waals surface area contributed by atoms with Gasteiger partial charge >= 0.3 is 11.7 Å². The molecule has 0 spiro atoms. The van der Waals surface area contributed by atoms with Crippen LogP contribution in [0.5, 0.6) is 5.75 Å². The summed E-state index contributed by atoms with van der Waals surface area (Å²) in [6, 6.07) is 7.45. The number of anilines is 1. The Balaban J connectivity index is 1.70. The van der Waals surface area contributed by atoms with E-state index in [2.05, 4.69) is 5.10 Å². The molecule has 0 saturated heterocycles. The molecular formula is C23H24ClN5O6. The zero-order valence-electron chi connectivity index (χ0n) is 19.6. The van der Waals surface area contributed by atoms with Crippen LogP contribution in [0.25, 0.3) is 6.08 Å². The number of Topliss-reactive ketones (excluding diaryl/α,β-unsaturated/α-hetero) is 1. The van der Waals surface area contributed by atoms with Crippen molar-refractivity contribution in [3.63, 3.8) is 0 Å². The predicted molar refractivity (Wildman–Crippen MR) is 130 cm³/mol. The summed E-state index contributed by atoms with van der Waals surface area (Å²) in [7, 11) is 4.12. The minimum Gasteiger partial charge on any atom is -0.497 e. The van der Waals surface area contributed by atoms with Crippen LogP contribution in [-0.2, 0) is 30.2 Å². The zero-order valence-corrected chi connectivity index (χ0v) is 20.3. The third-order valence-corrected chi connectivity index (χ3v) is 5.69. The monoisotopic (exact) mass is 501 g/mol. The van der Waals surface area contributed by atoms with Gasteiger partial charge in [-0.05, 0) is 30.7 Å². The molecule has 0 unspecified atom stereocenters. The van der Waals surface area contributed by atoms with Crippen LogP contribution in [0.15, 0.2) is 39.9 Å². The van der Waals surface area contributed by atoms with Crippen LogP contribution in [0.1, 0.15) is 27.2 Å². The topological polar surface area (TPSA) is 140 Å². The molecule has 3 rings (SSSR count). The third kappa shape index (κ3) is 5.35. The van der Waals surface area contributed by atoms with Gasteiger partial charge in [0.05, 0.1) is 19.3 Å².